The van der Waals surface area contributed by atoms with Gasteiger partial charge in [0.25, 0.3) is 0 Å². The Morgan fingerprint density at radius 2 is 2.06 bits per heavy atom. The smallest absolute Gasteiger partial charge is 0.120 e. The van der Waals surface area contributed by atoms with Crippen LogP contribution in [0.3, 0.4) is 0 Å². The minimum absolute atomic E-state index is 0.239. The highest BCUT2D eigenvalue weighted by molar-refractivity contribution is 5.28. The Kier molecular flexibility index (Phi) is 6.06. The molecule has 0 saturated carbocycles. The standard InChI is InChI=1S/C15H25NO/c1-5-6-10-16(4)12-14-8-7-9-15(11-14)17-13(2)3/h7-9,11,13H,5-6,10,12H2,1-4H3. The molecule has 2 heteroatoms. The summed E-state index contributed by atoms with van der Waals surface area (Å²) in [5.74, 6) is 0.974. The van der Waals surface area contributed by atoms with Crippen molar-refractivity contribution in [1.82, 2.24) is 4.90 Å². The van der Waals surface area contributed by atoms with Crippen LogP contribution in [0.4, 0.5) is 0 Å². The zero-order valence-electron chi connectivity index (χ0n) is 11.6. The van der Waals surface area contributed by atoms with Crippen LogP contribution in [-0.4, -0.2) is 24.6 Å². The van der Waals surface area contributed by atoms with E-state index in [1.807, 2.05) is 6.07 Å². The van der Waals surface area contributed by atoms with Gasteiger partial charge in [-0.1, -0.05) is 25.5 Å². The quantitative estimate of drug-likeness (QED) is 0.714. The van der Waals surface area contributed by atoms with Crippen LogP contribution in [-0.2, 0) is 6.54 Å². The lowest BCUT2D eigenvalue weighted by molar-refractivity contribution is 0.241. The molecule has 0 spiro atoms. The molecule has 0 aliphatic carbocycles. The van der Waals surface area contributed by atoms with Crippen LogP contribution in [0.2, 0.25) is 0 Å². The number of nitrogens with zero attached hydrogens (tertiary/aromatic N) is 1. The van der Waals surface area contributed by atoms with Gasteiger partial charge in [0.1, 0.15) is 5.75 Å². The molecule has 0 fully saturated rings. The number of ether oxygens (including phenoxy) is 1. The molecule has 96 valence electrons. The fourth-order valence-electron chi connectivity index (χ4n) is 1.81. The van der Waals surface area contributed by atoms with Crippen molar-refractivity contribution in [3.8, 4) is 5.75 Å². The summed E-state index contributed by atoms with van der Waals surface area (Å²) < 4.78 is 5.70. The molecule has 1 aromatic rings. The van der Waals surface area contributed by atoms with Gasteiger partial charge in [0.05, 0.1) is 6.10 Å². The summed E-state index contributed by atoms with van der Waals surface area (Å²) >= 11 is 0. The van der Waals surface area contributed by atoms with E-state index >= 15 is 0 Å². The van der Waals surface area contributed by atoms with Gasteiger partial charge in [-0.05, 0) is 51.6 Å². The lowest BCUT2D eigenvalue weighted by Crippen LogP contribution is -2.19. The molecule has 0 bridgehead atoms. The Balaban J connectivity index is 2.53. The van der Waals surface area contributed by atoms with Gasteiger partial charge in [0.2, 0.25) is 0 Å². The predicted molar refractivity (Wildman–Crippen MR) is 73.4 cm³/mol. The Morgan fingerprint density at radius 3 is 2.71 bits per heavy atom. The van der Waals surface area contributed by atoms with Gasteiger partial charge in [0.15, 0.2) is 0 Å². The van der Waals surface area contributed by atoms with E-state index in [0.29, 0.717) is 0 Å². The Hall–Kier alpha value is -1.02. The number of hydrogen-bond donors (Lipinski definition) is 0. The van der Waals surface area contributed by atoms with Crippen molar-refractivity contribution in [3.63, 3.8) is 0 Å². The minimum Gasteiger partial charge on any atom is -0.491 e. The van der Waals surface area contributed by atoms with E-state index in [0.717, 1.165) is 18.8 Å². The monoisotopic (exact) mass is 235 g/mol. The van der Waals surface area contributed by atoms with E-state index in [1.54, 1.807) is 0 Å². The highest BCUT2D eigenvalue weighted by Gasteiger charge is 2.02. The number of benzene rings is 1. The first-order valence-electron chi connectivity index (χ1n) is 6.56. The maximum atomic E-state index is 5.70. The van der Waals surface area contributed by atoms with E-state index in [2.05, 4.69) is 50.9 Å². The number of rotatable bonds is 7. The van der Waals surface area contributed by atoms with Crippen molar-refractivity contribution in [2.24, 2.45) is 0 Å². The second-order valence-corrected chi connectivity index (χ2v) is 4.91. The van der Waals surface area contributed by atoms with E-state index in [-0.39, 0.29) is 6.10 Å². The molecule has 0 N–H and O–H groups in total. The highest BCUT2D eigenvalue weighted by atomic mass is 16.5. The number of hydrogen-bond acceptors (Lipinski definition) is 2. The lowest BCUT2D eigenvalue weighted by Gasteiger charge is -2.17. The third kappa shape index (κ3) is 5.73. The molecule has 0 aliphatic rings. The zero-order chi connectivity index (χ0) is 12.7. The molecule has 0 saturated heterocycles. The third-order valence-corrected chi connectivity index (χ3v) is 2.62. The summed E-state index contributed by atoms with van der Waals surface area (Å²) in [5, 5.41) is 0. The second kappa shape index (κ2) is 7.33. The van der Waals surface area contributed by atoms with Gasteiger partial charge in [-0.2, -0.15) is 0 Å². The van der Waals surface area contributed by atoms with E-state index in [1.165, 1.54) is 18.4 Å². The van der Waals surface area contributed by atoms with E-state index < -0.39 is 0 Å². The summed E-state index contributed by atoms with van der Waals surface area (Å²) in [4.78, 5) is 2.36. The Labute approximate surface area is 106 Å². The molecule has 17 heavy (non-hydrogen) atoms. The average Bonchev–Trinajstić information content (AvgIpc) is 2.26. The van der Waals surface area contributed by atoms with Crippen LogP contribution in [0.5, 0.6) is 5.75 Å². The molecule has 1 aromatic carbocycles. The van der Waals surface area contributed by atoms with Crippen molar-refractivity contribution in [2.45, 2.75) is 46.3 Å². The average molecular weight is 235 g/mol. The molecule has 0 aliphatic heterocycles. The van der Waals surface area contributed by atoms with Crippen molar-refractivity contribution in [2.75, 3.05) is 13.6 Å². The molecule has 0 atom stereocenters. The van der Waals surface area contributed by atoms with Gasteiger partial charge in [-0.25, -0.2) is 0 Å². The second-order valence-electron chi connectivity index (χ2n) is 4.91. The molecule has 0 amide bonds. The summed E-state index contributed by atoms with van der Waals surface area (Å²) in [7, 11) is 2.17. The number of unbranched alkanes of at least 4 members (excludes halogenated alkanes) is 1. The summed E-state index contributed by atoms with van der Waals surface area (Å²) in [5.41, 5.74) is 1.32. The summed E-state index contributed by atoms with van der Waals surface area (Å²) in [6.45, 7) is 8.49. The first kappa shape index (κ1) is 14.0. The fraction of sp³-hybridized carbons (Fsp3) is 0.600. The first-order valence-corrected chi connectivity index (χ1v) is 6.56. The van der Waals surface area contributed by atoms with Crippen molar-refractivity contribution in [1.29, 1.82) is 0 Å². The van der Waals surface area contributed by atoms with E-state index in [9.17, 15) is 0 Å². The molecule has 0 radical (unpaired) electrons. The molecule has 0 unspecified atom stereocenters. The van der Waals surface area contributed by atoms with Crippen molar-refractivity contribution in [3.05, 3.63) is 29.8 Å². The first-order chi connectivity index (χ1) is 8.11. The maximum absolute atomic E-state index is 5.70. The van der Waals surface area contributed by atoms with Crippen molar-refractivity contribution >= 4 is 0 Å². The normalized spacial score (nSPS) is 11.2. The lowest BCUT2D eigenvalue weighted by atomic mass is 10.2. The fourth-order valence-corrected chi connectivity index (χ4v) is 1.81. The maximum Gasteiger partial charge on any atom is 0.120 e. The van der Waals surface area contributed by atoms with Gasteiger partial charge >= 0.3 is 0 Å². The minimum atomic E-state index is 0.239. The van der Waals surface area contributed by atoms with Crippen molar-refractivity contribution < 1.29 is 4.74 Å². The Bertz CT molecular complexity index is 322. The van der Waals surface area contributed by atoms with E-state index in [4.69, 9.17) is 4.74 Å². The SMILES string of the molecule is CCCCN(C)Cc1cccc(OC(C)C)c1. The summed E-state index contributed by atoms with van der Waals surface area (Å²) in [6.07, 6.45) is 2.75. The van der Waals surface area contributed by atoms with Crippen LogP contribution < -0.4 is 4.74 Å². The van der Waals surface area contributed by atoms with Crippen LogP contribution in [0, 0.1) is 0 Å². The molecular formula is C15H25NO. The van der Waals surface area contributed by atoms with Crippen LogP contribution >= 0.6 is 0 Å². The topological polar surface area (TPSA) is 12.5 Å². The zero-order valence-corrected chi connectivity index (χ0v) is 11.6. The molecule has 0 heterocycles. The molecule has 2 nitrogen and oxygen atoms in total. The predicted octanol–water partition coefficient (Wildman–Crippen LogP) is 3.71. The highest BCUT2D eigenvalue weighted by Crippen LogP contribution is 2.16. The van der Waals surface area contributed by atoms with Gasteiger partial charge < -0.3 is 9.64 Å². The van der Waals surface area contributed by atoms with Crippen LogP contribution in [0.25, 0.3) is 0 Å². The van der Waals surface area contributed by atoms with Gasteiger partial charge in [0, 0.05) is 6.54 Å². The van der Waals surface area contributed by atoms with Crippen LogP contribution in [0.1, 0.15) is 39.2 Å². The molecule has 0 aromatic heterocycles. The molecular weight excluding hydrogens is 210 g/mol. The van der Waals surface area contributed by atoms with Crippen LogP contribution in [0.15, 0.2) is 24.3 Å². The summed E-state index contributed by atoms with van der Waals surface area (Å²) in [6, 6.07) is 8.40. The van der Waals surface area contributed by atoms with Gasteiger partial charge in [-0.15, -0.1) is 0 Å². The largest absolute Gasteiger partial charge is 0.491 e. The van der Waals surface area contributed by atoms with Gasteiger partial charge in [-0.3, -0.25) is 0 Å². The third-order valence-electron chi connectivity index (χ3n) is 2.62. The Morgan fingerprint density at radius 1 is 1.29 bits per heavy atom. The molecule has 1 rings (SSSR count).